The predicted octanol–water partition coefficient (Wildman–Crippen LogP) is 1.35. The summed E-state index contributed by atoms with van der Waals surface area (Å²) < 4.78 is 11.3. The maximum Gasteiger partial charge on any atom is 0.303 e. The van der Waals surface area contributed by atoms with Crippen molar-refractivity contribution in [2.75, 3.05) is 18.1 Å². The van der Waals surface area contributed by atoms with Crippen molar-refractivity contribution < 1.29 is 19.4 Å². The molecule has 2 aliphatic heterocycles. The number of aliphatic carboxylic acids is 1. The van der Waals surface area contributed by atoms with E-state index in [9.17, 15) is 4.79 Å². The molecule has 5 heteroatoms. The van der Waals surface area contributed by atoms with Gasteiger partial charge in [-0.15, -0.1) is 0 Å². The molecule has 4 nitrogen and oxygen atoms in total. The minimum absolute atomic E-state index is 0.0169. The largest absolute Gasteiger partial charge is 0.481 e. The molecule has 2 rings (SSSR count). The summed E-state index contributed by atoms with van der Waals surface area (Å²) in [4.78, 5) is 10.4. The van der Waals surface area contributed by atoms with E-state index in [0.717, 1.165) is 12.2 Å². The van der Waals surface area contributed by atoms with Gasteiger partial charge in [0.1, 0.15) is 0 Å². The molecular formula is C10H16O4S. The van der Waals surface area contributed by atoms with Gasteiger partial charge in [0.15, 0.2) is 6.29 Å². The number of ether oxygens (including phenoxy) is 2. The van der Waals surface area contributed by atoms with Crippen LogP contribution in [-0.2, 0) is 14.3 Å². The van der Waals surface area contributed by atoms with E-state index in [1.807, 2.05) is 11.8 Å². The molecule has 2 aliphatic rings. The normalized spacial score (nSPS) is 35.9. The molecule has 0 aliphatic carbocycles. The second-order valence-corrected chi connectivity index (χ2v) is 5.17. The first-order chi connectivity index (χ1) is 7.25. The minimum Gasteiger partial charge on any atom is -0.481 e. The monoisotopic (exact) mass is 232 g/mol. The van der Waals surface area contributed by atoms with Crippen LogP contribution in [0.1, 0.15) is 19.3 Å². The maximum atomic E-state index is 10.4. The van der Waals surface area contributed by atoms with Crippen LogP contribution in [0.2, 0.25) is 0 Å². The van der Waals surface area contributed by atoms with Crippen LogP contribution >= 0.6 is 11.8 Å². The Bertz CT molecular complexity index is 227. The van der Waals surface area contributed by atoms with Crippen molar-refractivity contribution >= 4 is 17.7 Å². The first-order valence-electron chi connectivity index (χ1n) is 5.32. The number of hydrogen-bond donors (Lipinski definition) is 1. The van der Waals surface area contributed by atoms with Gasteiger partial charge in [0, 0.05) is 18.1 Å². The molecule has 3 unspecified atom stereocenters. The molecule has 0 spiro atoms. The van der Waals surface area contributed by atoms with Crippen molar-refractivity contribution in [2.45, 2.75) is 31.7 Å². The fraction of sp³-hybridized carbons (Fsp3) is 0.900. The fourth-order valence-corrected chi connectivity index (χ4v) is 3.18. The summed E-state index contributed by atoms with van der Waals surface area (Å²) in [6.07, 6.45) is 1.78. The lowest BCUT2D eigenvalue weighted by Crippen LogP contribution is -2.22. The summed E-state index contributed by atoms with van der Waals surface area (Å²) in [6.45, 7) is 0.555. The molecule has 0 saturated carbocycles. The van der Waals surface area contributed by atoms with E-state index in [2.05, 4.69) is 0 Å². The SMILES string of the molecule is O=C(O)CCC1COC(C2CCSC2)O1. The first kappa shape index (κ1) is 11.2. The summed E-state index contributed by atoms with van der Waals surface area (Å²) in [5.74, 6) is 2.03. The van der Waals surface area contributed by atoms with Crippen LogP contribution in [0.3, 0.4) is 0 Å². The van der Waals surface area contributed by atoms with Gasteiger partial charge in [0.05, 0.1) is 12.7 Å². The second kappa shape index (κ2) is 5.18. The van der Waals surface area contributed by atoms with E-state index in [-0.39, 0.29) is 18.8 Å². The minimum atomic E-state index is -0.765. The molecule has 86 valence electrons. The van der Waals surface area contributed by atoms with E-state index < -0.39 is 5.97 Å². The smallest absolute Gasteiger partial charge is 0.303 e. The number of hydrogen-bond acceptors (Lipinski definition) is 4. The second-order valence-electron chi connectivity index (χ2n) is 4.02. The Morgan fingerprint density at radius 2 is 2.40 bits per heavy atom. The van der Waals surface area contributed by atoms with Gasteiger partial charge in [-0.2, -0.15) is 11.8 Å². The standard InChI is InChI=1S/C10H16O4S/c11-9(12)2-1-8-5-13-10(14-8)7-3-4-15-6-7/h7-8,10H,1-6H2,(H,11,12). The van der Waals surface area contributed by atoms with Gasteiger partial charge in [-0.25, -0.2) is 0 Å². The van der Waals surface area contributed by atoms with Gasteiger partial charge in [0.2, 0.25) is 0 Å². The highest BCUT2D eigenvalue weighted by Gasteiger charge is 2.34. The highest BCUT2D eigenvalue weighted by atomic mass is 32.2. The van der Waals surface area contributed by atoms with E-state index in [1.54, 1.807) is 0 Å². The van der Waals surface area contributed by atoms with Crippen molar-refractivity contribution in [3.8, 4) is 0 Å². The number of rotatable bonds is 4. The first-order valence-corrected chi connectivity index (χ1v) is 6.48. The third kappa shape index (κ3) is 3.09. The molecule has 2 fully saturated rings. The lowest BCUT2D eigenvalue weighted by molar-refractivity contribution is -0.138. The number of carbonyl (C=O) groups is 1. The van der Waals surface area contributed by atoms with E-state index in [1.165, 1.54) is 5.75 Å². The molecule has 2 saturated heterocycles. The van der Waals surface area contributed by atoms with Crippen LogP contribution in [0.25, 0.3) is 0 Å². The zero-order chi connectivity index (χ0) is 10.7. The van der Waals surface area contributed by atoms with Crippen molar-refractivity contribution in [1.29, 1.82) is 0 Å². The Kier molecular flexibility index (Phi) is 3.88. The third-order valence-corrected chi connectivity index (χ3v) is 3.99. The average molecular weight is 232 g/mol. The van der Waals surface area contributed by atoms with E-state index >= 15 is 0 Å². The molecule has 0 amide bonds. The Morgan fingerprint density at radius 1 is 1.53 bits per heavy atom. The maximum absolute atomic E-state index is 10.4. The third-order valence-electron chi connectivity index (χ3n) is 2.80. The van der Waals surface area contributed by atoms with E-state index in [4.69, 9.17) is 14.6 Å². The van der Waals surface area contributed by atoms with Crippen LogP contribution in [0.4, 0.5) is 0 Å². The van der Waals surface area contributed by atoms with Gasteiger partial charge in [0.25, 0.3) is 0 Å². The molecule has 0 bridgehead atoms. The molecule has 0 aromatic heterocycles. The van der Waals surface area contributed by atoms with Crippen LogP contribution < -0.4 is 0 Å². The summed E-state index contributed by atoms with van der Waals surface area (Å²) >= 11 is 1.93. The zero-order valence-electron chi connectivity index (χ0n) is 8.55. The van der Waals surface area contributed by atoms with Gasteiger partial charge in [-0.1, -0.05) is 0 Å². The van der Waals surface area contributed by atoms with Gasteiger partial charge < -0.3 is 14.6 Å². The van der Waals surface area contributed by atoms with Crippen molar-refractivity contribution in [3.63, 3.8) is 0 Å². The fourth-order valence-electron chi connectivity index (χ4n) is 1.92. The Hall–Kier alpha value is -0.260. The Labute approximate surface area is 93.3 Å². The van der Waals surface area contributed by atoms with E-state index in [0.29, 0.717) is 18.9 Å². The molecule has 3 atom stereocenters. The average Bonchev–Trinajstić information content (AvgIpc) is 2.85. The highest BCUT2D eigenvalue weighted by molar-refractivity contribution is 7.99. The van der Waals surface area contributed by atoms with Crippen LogP contribution in [0, 0.1) is 5.92 Å². The van der Waals surface area contributed by atoms with Gasteiger partial charge in [-0.3, -0.25) is 4.79 Å². The molecule has 1 N–H and O–H groups in total. The van der Waals surface area contributed by atoms with Crippen LogP contribution in [0.5, 0.6) is 0 Å². The highest BCUT2D eigenvalue weighted by Crippen LogP contribution is 2.32. The summed E-state index contributed by atoms with van der Waals surface area (Å²) in [6, 6.07) is 0. The molecule has 0 aromatic rings. The molecule has 15 heavy (non-hydrogen) atoms. The van der Waals surface area contributed by atoms with Crippen LogP contribution in [0.15, 0.2) is 0 Å². The van der Waals surface area contributed by atoms with Gasteiger partial charge >= 0.3 is 5.97 Å². The lowest BCUT2D eigenvalue weighted by Gasteiger charge is -2.16. The van der Waals surface area contributed by atoms with Crippen molar-refractivity contribution in [2.24, 2.45) is 5.92 Å². The molecule has 2 heterocycles. The quantitative estimate of drug-likeness (QED) is 0.792. The summed E-state index contributed by atoms with van der Waals surface area (Å²) in [5, 5.41) is 8.55. The lowest BCUT2D eigenvalue weighted by atomic mass is 10.1. The molecule has 0 radical (unpaired) electrons. The topological polar surface area (TPSA) is 55.8 Å². The molecule has 0 aromatic carbocycles. The molecular weight excluding hydrogens is 216 g/mol. The summed E-state index contributed by atoms with van der Waals surface area (Å²) in [5.41, 5.74) is 0. The van der Waals surface area contributed by atoms with Crippen LogP contribution in [-0.4, -0.2) is 41.6 Å². The number of carboxylic acid groups (broad SMARTS) is 1. The number of thioether (sulfide) groups is 1. The summed E-state index contributed by atoms with van der Waals surface area (Å²) in [7, 11) is 0. The zero-order valence-corrected chi connectivity index (χ0v) is 9.37. The van der Waals surface area contributed by atoms with Gasteiger partial charge in [-0.05, 0) is 18.6 Å². The van der Waals surface area contributed by atoms with Crippen molar-refractivity contribution in [1.82, 2.24) is 0 Å². The number of carboxylic acids is 1. The Morgan fingerprint density at radius 3 is 3.07 bits per heavy atom. The predicted molar refractivity (Wildman–Crippen MR) is 56.9 cm³/mol. The van der Waals surface area contributed by atoms with Crippen molar-refractivity contribution in [3.05, 3.63) is 0 Å². The Balaban J connectivity index is 1.71.